The Bertz CT molecular complexity index is 3660. The Labute approximate surface area is 695 Å². The molecule has 652 valence electrons. The van der Waals surface area contributed by atoms with Crippen LogP contribution in [0.5, 0.6) is 0 Å². The van der Waals surface area contributed by atoms with Gasteiger partial charge in [0.05, 0.1) is 40.1 Å². The Balaban J connectivity index is 0.00000133. The number of hydrogen-bond donors (Lipinski definition) is 0. The van der Waals surface area contributed by atoms with E-state index in [9.17, 15) is 77.1 Å². The van der Waals surface area contributed by atoms with Crippen molar-refractivity contribution in [1.82, 2.24) is 19.8 Å². The molecule has 2 unspecified atom stereocenters. The van der Waals surface area contributed by atoms with Crippen LogP contribution in [-0.2, 0) is 69.1 Å². The number of benzene rings is 6. The number of carbonyl (C=O) groups excluding carboxylic acids is 4. The van der Waals surface area contributed by atoms with Gasteiger partial charge >= 0.3 is 48.6 Å². The first-order valence-corrected chi connectivity index (χ1v) is 45.7. The van der Waals surface area contributed by atoms with Gasteiger partial charge in [0.25, 0.3) is 0 Å². The van der Waals surface area contributed by atoms with Crippen LogP contribution in [0.25, 0.3) is 0 Å². The lowest BCUT2D eigenvalue weighted by molar-refractivity contribution is -0.472. The fraction of sp³-hybridized carbons (Fsp3) is 0.447. The molecule has 5 atom stereocenters. The van der Waals surface area contributed by atoms with Crippen molar-refractivity contribution in [2.45, 2.75) is 144 Å². The SMILES string of the molecule is C/[N+]([O-])=C/c1ccccc1.C=[N+]([CH2-])Cc1ccccc1.CC(=O)OC/C=C/C(F)(F)F.CC(=O)OC/C=C/C(F)(F)F.CC(=O)OCC1CN(Cc2ccccc2)CC1C(F)(F)F.CC(=O)OC[C@@H]1ON(C)[C@H](c2ccccc2)[C@H]1C(F)(F)F.CCN(Cc1ccccc1)C[Si](C)(C)C.CCN(Cc1ccccc1)C[Si](C)(C)C.ClCCl. The normalized spacial score (nSPS) is 16.3. The fourth-order valence-electron chi connectivity index (χ4n) is 11.1. The average molecular weight is 1740 g/mol. The van der Waals surface area contributed by atoms with Gasteiger partial charge in [-0.2, -0.15) is 57.7 Å². The molecule has 8 rings (SSSR count). The molecule has 6 aromatic carbocycles. The van der Waals surface area contributed by atoms with E-state index in [1.165, 1.54) is 61.3 Å². The smallest absolute Gasteiger partial charge is 0.409 e. The molecule has 32 heteroatoms. The Kier molecular flexibility index (Phi) is 53.6. The molecule has 0 N–H and O–H groups in total. The minimum atomic E-state index is -4.46. The third-order valence-corrected chi connectivity index (χ3v) is 18.4. The van der Waals surface area contributed by atoms with E-state index in [-0.39, 0.29) is 50.4 Å². The Morgan fingerprint density at radius 1 is 0.556 bits per heavy atom. The number of halogens is 14. The molecule has 0 saturated carbocycles. The van der Waals surface area contributed by atoms with Crippen LogP contribution in [0.3, 0.4) is 0 Å². The zero-order chi connectivity index (χ0) is 89.0. The first kappa shape index (κ1) is 109. The highest BCUT2D eigenvalue weighted by Gasteiger charge is 2.57. The van der Waals surface area contributed by atoms with E-state index in [2.05, 4.69) is 159 Å². The number of allylic oxidation sites excluding steroid dienone is 2. The summed E-state index contributed by atoms with van der Waals surface area (Å²) in [6.45, 7) is 32.1. The maximum Gasteiger partial charge on any atom is 0.409 e. The standard InChI is InChI=1S/C15H18F3NO2.C14H16F3NO3.2C13H23NSi.C9H11N.C8H9NO.2C6H7F3O2.CH2Cl2/c1-11(20)21-10-13-8-19(9-14(13)15(16,17)18)7-12-5-3-2-4-6-12;1-9(19)20-8-11-12(14(15,16)17)13(18(2)21-11)10-6-4-3-5-7-10;2*1-5-14(12-15(2,3)4)11-13-9-7-6-8-10-13;1-10(2)8-9-6-4-3-5-7-9;1-9(10)7-8-5-3-2-4-6-8;2*1-5(10)11-4-2-3-6(7,8)9;2-1-3/h2-6,13-14H,7-10H2,1H3;3-7,11-13H,8H2,1-2H3;2*6-10H,5,11-12H2,1-4H3;3-7H,1-2,8H2;2-7H,1H3;2*2-3H,4H2,1H3;1H2/b;;;;;9-7-;2*3-2+;/t;11-,12-,13+;;;;;;;/m.0......./s1. The van der Waals surface area contributed by atoms with Crippen LogP contribution in [0.15, 0.2) is 206 Å². The monoisotopic (exact) mass is 1730 g/mol. The van der Waals surface area contributed by atoms with Gasteiger partial charge in [-0.3, -0.25) is 28.9 Å². The Hall–Kier alpha value is -8.34. The molecule has 16 nitrogen and oxygen atoms in total. The third-order valence-electron chi connectivity index (χ3n) is 15.6. The summed E-state index contributed by atoms with van der Waals surface area (Å²) in [5.74, 6) is -6.28. The minimum Gasteiger partial charge on any atom is -0.624 e. The second-order valence-corrected chi connectivity index (χ2v) is 40.7. The molecule has 2 aliphatic rings. The first-order chi connectivity index (χ1) is 54.5. The van der Waals surface area contributed by atoms with Crippen LogP contribution < -0.4 is 0 Å². The maximum atomic E-state index is 13.4. The summed E-state index contributed by atoms with van der Waals surface area (Å²) in [6, 6.07) is 57.9. The number of alkyl halides is 14. The van der Waals surface area contributed by atoms with Crippen LogP contribution in [-0.4, -0.2) is 197 Å². The molecular weight excluding hydrogens is 1620 g/mol. The summed E-state index contributed by atoms with van der Waals surface area (Å²) in [4.78, 5) is 53.8. The van der Waals surface area contributed by atoms with Crippen molar-refractivity contribution in [2.75, 3.05) is 84.4 Å². The number of esters is 4. The van der Waals surface area contributed by atoms with E-state index >= 15 is 0 Å². The van der Waals surface area contributed by atoms with E-state index in [4.69, 9.17) is 37.5 Å². The summed E-state index contributed by atoms with van der Waals surface area (Å²) in [7, 11) is 4.63. The molecule has 0 aliphatic carbocycles. The number of carbonyl (C=O) groups is 4. The fourth-order valence-corrected chi connectivity index (χ4v) is 14.5. The molecule has 0 amide bonds. The van der Waals surface area contributed by atoms with Crippen LogP contribution in [0.2, 0.25) is 39.3 Å². The molecule has 2 saturated heterocycles. The molecule has 0 bridgehead atoms. The zero-order valence-corrected chi connectivity index (χ0v) is 72.7. The summed E-state index contributed by atoms with van der Waals surface area (Å²) in [5.41, 5.74) is 6.52. The highest BCUT2D eigenvalue weighted by Crippen LogP contribution is 2.47. The maximum absolute atomic E-state index is 13.4. The van der Waals surface area contributed by atoms with Crippen LogP contribution in [0, 0.1) is 30.0 Å². The van der Waals surface area contributed by atoms with Gasteiger partial charge < -0.3 is 38.5 Å². The lowest BCUT2D eigenvalue weighted by Crippen LogP contribution is -2.39. The number of likely N-dealkylation sites (tertiary alicyclic amines) is 1. The molecule has 2 fully saturated rings. The van der Waals surface area contributed by atoms with Crippen molar-refractivity contribution in [3.63, 3.8) is 0 Å². The van der Waals surface area contributed by atoms with Crippen molar-refractivity contribution in [2.24, 2.45) is 17.8 Å². The van der Waals surface area contributed by atoms with Crippen molar-refractivity contribution in [1.29, 1.82) is 0 Å². The van der Waals surface area contributed by atoms with E-state index in [1.54, 1.807) is 39.8 Å². The molecule has 6 aromatic rings. The van der Waals surface area contributed by atoms with Crippen molar-refractivity contribution in [3.05, 3.63) is 252 Å². The molecular formula is C85H116Cl2F12N6O10Si2. The highest BCUT2D eigenvalue weighted by atomic mass is 35.5. The van der Waals surface area contributed by atoms with E-state index in [0.717, 1.165) is 81.5 Å². The van der Waals surface area contributed by atoms with Crippen LogP contribution in [0.1, 0.15) is 81.0 Å². The van der Waals surface area contributed by atoms with Gasteiger partial charge in [-0.05, 0) is 85.7 Å². The second kappa shape index (κ2) is 57.7. The van der Waals surface area contributed by atoms with Gasteiger partial charge in [0.1, 0.15) is 45.4 Å². The number of ether oxygens (including phenoxy) is 4. The third kappa shape index (κ3) is 58.2. The van der Waals surface area contributed by atoms with E-state index in [1.807, 2.05) is 78.9 Å². The van der Waals surface area contributed by atoms with Gasteiger partial charge in [-0.25, -0.2) is 4.74 Å². The molecule has 117 heavy (non-hydrogen) atoms. The summed E-state index contributed by atoms with van der Waals surface area (Å²) >= 11 is 9.53. The largest absolute Gasteiger partial charge is 0.624 e. The first-order valence-electron chi connectivity index (χ1n) is 37.2. The minimum absolute atomic E-state index is 0.0238. The quantitative estimate of drug-likeness (QED) is 0.00482. The number of nitrogens with zero attached hydrogens (tertiary/aromatic N) is 6. The van der Waals surface area contributed by atoms with Gasteiger partial charge in [-0.1, -0.05) is 223 Å². The van der Waals surface area contributed by atoms with Gasteiger partial charge in [0.15, 0.2) is 6.21 Å². The van der Waals surface area contributed by atoms with Crippen LogP contribution >= 0.6 is 23.2 Å². The van der Waals surface area contributed by atoms with Crippen molar-refractivity contribution >= 4 is 76.2 Å². The summed E-state index contributed by atoms with van der Waals surface area (Å²) < 4.78 is 168. The molecule has 0 spiro atoms. The number of hydrogen-bond acceptors (Lipinski definition) is 14. The predicted molar refractivity (Wildman–Crippen MR) is 445 cm³/mol. The number of hydroxylamine groups is 3. The lowest BCUT2D eigenvalue weighted by atomic mass is 9.89. The predicted octanol–water partition coefficient (Wildman–Crippen LogP) is 20.0. The van der Waals surface area contributed by atoms with Gasteiger partial charge in [0, 0.05) is 96.7 Å². The van der Waals surface area contributed by atoms with E-state index < -0.39 is 101 Å². The van der Waals surface area contributed by atoms with Crippen LogP contribution in [0.4, 0.5) is 52.7 Å². The Morgan fingerprint density at radius 3 is 1.23 bits per heavy atom. The molecule has 0 radical (unpaired) electrons. The van der Waals surface area contributed by atoms with Crippen molar-refractivity contribution in [3.8, 4) is 0 Å². The molecule has 0 aromatic heterocycles. The highest BCUT2D eigenvalue weighted by molar-refractivity contribution is 6.76. The number of rotatable bonds is 24. The molecule has 2 heterocycles. The zero-order valence-electron chi connectivity index (χ0n) is 69.2. The van der Waals surface area contributed by atoms with Gasteiger partial charge in [0.2, 0.25) is 0 Å². The average Bonchev–Trinajstić information content (AvgIpc) is 1.65. The Morgan fingerprint density at radius 2 is 0.906 bits per heavy atom. The summed E-state index contributed by atoms with van der Waals surface area (Å²) in [5, 5.41) is 11.9. The molecule has 2 aliphatic heterocycles. The summed E-state index contributed by atoms with van der Waals surface area (Å²) in [6.07, 6.45) is -13.0. The second-order valence-electron chi connectivity index (χ2n) is 29.0. The van der Waals surface area contributed by atoms with Gasteiger partial charge in [-0.15, -0.1) is 23.2 Å². The van der Waals surface area contributed by atoms with Crippen molar-refractivity contribution < 1.29 is 105 Å². The van der Waals surface area contributed by atoms with E-state index in [0.29, 0.717) is 12.1 Å². The lowest BCUT2D eigenvalue weighted by Gasteiger charge is -2.27. The topological polar surface area (TPSA) is 156 Å².